The summed E-state index contributed by atoms with van der Waals surface area (Å²) in [6, 6.07) is 29.9. The Morgan fingerprint density at radius 3 is 1.95 bits per heavy atom. The maximum absolute atomic E-state index is 5.66. The van der Waals surface area contributed by atoms with Gasteiger partial charge in [-0.05, 0) is 81.5 Å². The number of aryl methyl sites for hydroxylation is 2. The van der Waals surface area contributed by atoms with Gasteiger partial charge in [-0.2, -0.15) is 14.1 Å². The fourth-order valence-electron chi connectivity index (χ4n) is 5.63. The third-order valence-electron chi connectivity index (χ3n) is 7.78. The lowest BCUT2D eigenvalue weighted by molar-refractivity contribution is 0.648. The van der Waals surface area contributed by atoms with Crippen molar-refractivity contribution in [3.63, 3.8) is 0 Å². The van der Waals surface area contributed by atoms with Crippen LogP contribution in [0.2, 0.25) is 5.15 Å². The summed E-state index contributed by atoms with van der Waals surface area (Å²) in [6.07, 6.45) is 4.98. The van der Waals surface area contributed by atoms with Crippen molar-refractivity contribution in [1.29, 1.82) is 0 Å². The molecule has 2 unspecified atom stereocenters. The minimum absolute atomic E-state index is 0.410. The number of anilines is 1. The van der Waals surface area contributed by atoms with E-state index in [-0.39, 0.29) is 0 Å². The minimum atomic E-state index is 0.410. The van der Waals surface area contributed by atoms with E-state index in [0.717, 1.165) is 29.7 Å². The normalized spacial score (nSPS) is 17.9. The summed E-state index contributed by atoms with van der Waals surface area (Å²) >= 11 is 5.66. The summed E-state index contributed by atoms with van der Waals surface area (Å²) in [5, 5.41) is 28.5. The summed E-state index contributed by atoms with van der Waals surface area (Å²) < 4.78 is 3.41. The van der Waals surface area contributed by atoms with Gasteiger partial charge in [-0.1, -0.05) is 72.3 Å². The van der Waals surface area contributed by atoms with E-state index in [1.165, 1.54) is 43.4 Å². The summed E-state index contributed by atoms with van der Waals surface area (Å²) in [4.78, 5) is 2.38. The van der Waals surface area contributed by atoms with Gasteiger partial charge in [0.15, 0.2) is 22.9 Å². The van der Waals surface area contributed by atoms with E-state index < -0.39 is 0 Å². The maximum atomic E-state index is 5.66. The second-order valence-electron chi connectivity index (χ2n) is 10.7. The van der Waals surface area contributed by atoms with Crippen molar-refractivity contribution in [3.8, 4) is 0 Å². The molecule has 2 aliphatic rings. The standard InChI is InChI=1S/C16H17N5.C10H13N.C6H5ClN4/c1-12-17-18-15-9-10-16(19-21(12)15)20-11-5-8-14(20)13-6-3-2-4-7-13;1-2-5-9(6-3-1)10-7-4-8-11-10;1-4-8-9-6-3-2-5(7)10-11(4)6/h2-4,6-7,9-10,14H,5,8,11H2,1H3;1-3,5-6,10-11H,4,7-8H2;2-3H,1H3. The zero-order chi connectivity index (χ0) is 29.6. The molecule has 6 heterocycles. The first-order valence-corrected chi connectivity index (χ1v) is 15.1. The monoisotopic (exact) mass is 594 g/mol. The van der Waals surface area contributed by atoms with Gasteiger partial charge in [0.25, 0.3) is 0 Å². The lowest BCUT2D eigenvalue weighted by atomic mass is 10.0. The van der Waals surface area contributed by atoms with Gasteiger partial charge in [0.2, 0.25) is 0 Å². The van der Waals surface area contributed by atoms with Crippen LogP contribution in [0.1, 0.15) is 60.5 Å². The SMILES string of the molecule is Cc1nnc2ccc(Cl)nn12.Cc1nnc2ccc(N3CCCC3c3ccccc3)nn12.c1ccc(C2CCCN2)cc1. The van der Waals surface area contributed by atoms with Crippen molar-refractivity contribution in [3.05, 3.63) is 113 Å². The molecule has 10 nitrogen and oxygen atoms in total. The van der Waals surface area contributed by atoms with Crippen LogP contribution in [0.5, 0.6) is 0 Å². The average molecular weight is 595 g/mol. The van der Waals surface area contributed by atoms with Crippen molar-refractivity contribution in [2.75, 3.05) is 18.0 Å². The van der Waals surface area contributed by atoms with E-state index in [1.54, 1.807) is 16.6 Å². The van der Waals surface area contributed by atoms with Crippen LogP contribution in [-0.4, -0.2) is 52.7 Å². The highest BCUT2D eigenvalue weighted by Crippen LogP contribution is 2.35. The Morgan fingerprint density at radius 1 is 0.674 bits per heavy atom. The van der Waals surface area contributed by atoms with Gasteiger partial charge in [0, 0.05) is 12.6 Å². The molecule has 6 aromatic rings. The molecule has 0 spiro atoms. The second-order valence-corrected chi connectivity index (χ2v) is 11.1. The van der Waals surface area contributed by atoms with Crippen LogP contribution in [0.4, 0.5) is 5.82 Å². The number of hydrogen-bond acceptors (Lipinski definition) is 8. The van der Waals surface area contributed by atoms with E-state index in [4.69, 9.17) is 16.7 Å². The first-order chi connectivity index (χ1) is 21.1. The molecule has 0 aliphatic carbocycles. The number of rotatable bonds is 3. The van der Waals surface area contributed by atoms with Crippen LogP contribution in [0.25, 0.3) is 11.3 Å². The van der Waals surface area contributed by atoms with Crippen molar-refractivity contribution in [2.45, 2.75) is 51.6 Å². The highest BCUT2D eigenvalue weighted by atomic mass is 35.5. The Balaban J connectivity index is 0.000000126. The van der Waals surface area contributed by atoms with Crippen LogP contribution < -0.4 is 10.2 Å². The number of nitrogens with one attached hydrogen (secondary N) is 1. The first-order valence-electron chi connectivity index (χ1n) is 14.7. The fourth-order valence-corrected chi connectivity index (χ4v) is 5.77. The number of fused-ring (bicyclic) bond motifs is 2. The molecule has 4 aromatic heterocycles. The Bertz CT molecular complexity index is 1760. The van der Waals surface area contributed by atoms with Crippen LogP contribution in [-0.2, 0) is 0 Å². The van der Waals surface area contributed by atoms with E-state index >= 15 is 0 Å². The third-order valence-corrected chi connectivity index (χ3v) is 7.99. The zero-order valence-corrected chi connectivity index (χ0v) is 25.1. The molecule has 0 radical (unpaired) electrons. The summed E-state index contributed by atoms with van der Waals surface area (Å²) in [6.45, 7) is 5.97. The predicted molar refractivity (Wildman–Crippen MR) is 168 cm³/mol. The van der Waals surface area contributed by atoms with E-state index in [0.29, 0.717) is 22.9 Å². The molecule has 0 saturated carbocycles. The zero-order valence-electron chi connectivity index (χ0n) is 24.4. The fraction of sp³-hybridized carbons (Fsp3) is 0.312. The Kier molecular flexibility index (Phi) is 8.85. The molecule has 11 heteroatoms. The quantitative estimate of drug-likeness (QED) is 0.267. The lowest BCUT2D eigenvalue weighted by Gasteiger charge is -2.26. The highest BCUT2D eigenvalue weighted by molar-refractivity contribution is 6.29. The van der Waals surface area contributed by atoms with Gasteiger partial charge >= 0.3 is 0 Å². The summed E-state index contributed by atoms with van der Waals surface area (Å²) in [7, 11) is 0. The maximum Gasteiger partial charge on any atom is 0.178 e. The molecule has 0 amide bonds. The molecule has 1 N–H and O–H groups in total. The third kappa shape index (κ3) is 6.65. The van der Waals surface area contributed by atoms with E-state index in [2.05, 4.69) is 96.4 Å². The Hall–Kier alpha value is -4.41. The van der Waals surface area contributed by atoms with Crippen molar-refractivity contribution < 1.29 is 0 Å². The largest absolute Gasteiger partial charge is 0.348 e. The van der Waals surface area contributed by atoms with Crippen LogP contribution in [0.3, 0.4) is 0 Å². The molecule has 43 heavy (non-hydrogen) atoms. The van der Waals surface area contributed by atoms with Crippen molar-refractivity contribution in [2.24, 2.45) is 0 Å². The smallest absolute Gasteiger partial charge is 0.178 e. The van der Waals surface area contributed by atoms with Gasteiger partial charge < -0.3 is 10.2 Å². The van der Waals surface area contributed by atoms with Crippen molar-refractivity contribution in [1.82, 2.24) is 44.9 Å². The van der Waals surface area contributed by atoms with Gasteiger partial charge in [0.05, 0.1) is 6.04 Å². The summed E-state index contributed by atoms with van der Waals surface area (Å²) in [5.74, 6) is 2.56. The van der Waals surface area contributed by atoms with Gasteiger partial charge in [-0.25, -0.2) is 0 Å². The Morgan fingerprint density at radius 2 is 1.30 bits per heavy atom. The molecule has 2 aliphatic heterocycles. The molecule has 2 saturated heterocycles. The molecule has 220 valence electrons. The number of nitrogens with zero attached hydrogens (tertiary/aromatic N) is 9. The number of hydrogen-bond donors (Lipinski definition) is 1. The average Bonchev–Trinajstić information content (AvgIpc) is 3.88. The van der Waals surface area contributed by atoms with E-state index in [9.17, 15) is 0 Å². The van der Waals surface area contributed by atoms with Gasteiger partial charge in [-0.3, -0.25) is 0 Å². The van der Waals surface area contributed by atoms with Crippen LogP contribution in [0, 0.1) is 13.8 Å². The van der Waals surface area contributed by atoms with Crippen LogP contribution >= 0.6 is 11.6 Å². The molecule has 2 atom stereocenters. The highest BCUT2D eigenvalue weighted by Gasteiger charge is 2.27. The van der Waals surface area contributed by atoms with Gasteiger partial charge in [0.1, 0.15) is 11.0 Å². The van der Waals surface area contributed by atoms with Crippen LogP contribution in [0.15, 0.2) is 84.9 Å². The molecule has 2 fully saturated rings. The molecule has 2 aromatic carbocycles. The van der Waals surface area contributed by atoms with Crippen molar-refractivity contribution >= 4 is 28.7 Å². The number of benzene rings is 2. The molecule has 8 rings (SSSR count). The molecular formula is C32H35ClN10. The summed E-state index contributed by atoms with van der Waals surface area (Å²) in [5.41, 5.74) is 4.31. The second kappa shape index (κ2) is 13.3. The first kappa shape index (κ1) is 28.7. The topological polar surface area (TPSA) is 101 Å². The predicted octanol–water partition coefficient (Wildman–Crippen LogP) is 5.97. The van der Waals surface area contributed by atoms with Gasteiger partial charge in [-0.15, -0.1) is 25.5 Å². The van der Waals surface area contributed by atoms with E-state index in [1.807, 2.05) is 30.5 Å². The molecule has 0 bridgehead atoms. The molecular weight excluding hydrogens is 560 g/mol. The number of aromatic nitrogens is 8. The minimum Gasteiger partial charge on any atom is -0.348 e. The Labute approximate surface area is 255 Å². The lowest BCUT2D eigenvalue weighted by Crippen LogP contribution is -2.24. The number of halogens is 1.